The fourth-order valence-corrected chi connectivity index (χ4v) is 4.24. The van der Waals surface area contributed by atoms with Crippen LogP contribution in [0, 0.1) is 5.92 Å². The van der Waals surface area contributed by atoms with Crippen LogP contribution in [-0.4, -0.2) is 29.0 Å². The quantitative estimate of drug-likeness (QED) is 0.163. The van der Waals surface area contributed by atoms with Crippen LogP contribution < -0.4 is 16.1 Å². The molecule has 3 aromatic carbocycles. The average molecular weight is 490 g/mol. The zero-order chi connectivity index (χ0) is 25.8. The molecule has 7 heteroatoms. The van der Waals surface area contributed by atoms with Crippen molar-refractivity contribution in [2.75, 3.05) is 0 Å². The van der Waals surface area contributed by atoms with Gasteiger partial charge >= 0.3 is 0 Å². The second kappa shape index (κ2) is 14.0. The number of amides is 3. The lowest BCUT2D eigenvalue weighted by atomic mass is 9.95. The number of unbranched alkanes of at least 4 members (excludes halogenated alkanes) is 2. The van der Waals surface area contributed by atoms with Crippen molar-refractivity contribution in [1.29, 1.82) is 0 Å². The van der Waals surface area contributed by atoms with E-state index in [1.807, 2.05) is 72.8 Å². The van der Waals surface area contributed by atoms with Gasteiger partial charge in [-0.1, -0.05) is 99.0 Å². The number of carbonyl (C=O) groups is 3. The Hall–Kier alpha value is -3.71. The number of hydrogen-bond acceptors (Lipinski definition) is 4. The standard InChI is InChI=1S/C29H35N3O4/c1-2-3-5-14-25(19-27(33)32-36)28(34)31-26(29(35)30-20-21-10-6-4-7-11-21)18-22-15-16-23-12-8-9-13-24(23)17-22/h4,6-13,15-17,25-26,36H,2-3,5,14,18-20H2,1H3,(H,30,35)(H,31,34)(H,32,33)/t25?,26-/m0/s1. The zero-order valence-corrected chi connectivity index (χ0v) is 20.7. The minimum atomic E-state index is -0.812. The molecule has 0 saturated heterocycles. The third-order valence-electron chi connectivity index (χ3n) is 6.28. The molecule has 0 fully saturated rings. The van der Waals surface area contributed by atoms with Gasteiger partial charge in [-0.3, -0.25) is 19.6 Å². The van der Waals surface area contributed by atoms with Crippen LogP contribution in [0.5, 0.6) is 0 Å². The lowest BCUT2D eigenvalue weighted by Gasteiger charge is -2.22. The van der Waals surface area contributed by atoms with E-state index in [0.29, 0.717) is 19.4 Å². The lowest BCUT2D eigenvalue weighted by Crippen LogP contribution is -2.50. The lowest BCUT2D eigenvalue weighted by molar-refractivity contribution is -0.136. The molecular formula is C29H35N3O4. The summed E-state index contributed by atoms with van der Waals surface area (Å²) in [4.78, 5) is 38.3. The first kappa shape index (κ1) is 26.9. The SMILES string of the molecule is CCCCCC(CC(=O)NO)C(=O)N[C@@H](Cc1ccc2ccccc2c1)C(=O)NCc1ccccc1. The molecule has 36 heavy (non-hydrogen) atoms. The summed E-state index contributed by atoms with van der Waals surface area (Å²) >= 11 is 0. The molecule has 7 nitrogen and oxygen atoms in total. The van der Waals surface area contributed by atoms with E-state index in [2.05, 4.69) is 17.6 Å². The summed E-state index contributed by atoms with van der Waals surface area (Å²) in [7, 11) is 0. The van der Waals surface area contributed by atoms with Gasteiger partial charge in [-0.15, -0.1) is 0 Å². The van der Waals surface area contributed by atoms with E-state index in [1.165, 1.54) is 0 Å². The van der Waals surface area contributed by atoms with E-state index >= 15 is 0 Å². The Morgan fingerprint density at radius 1 is 0.833 bits per heavy atom. The molecule has 2 atom stereocenters. The molecule has 190 valence electrons. The molecule has 0 spiro atoms. The fraction of sp³-hybridized carbons (Fsp3) is 0.345. The van der Waals surface area contributed by atoms with Crippen molar-refractivity contribution in [2.24, 2.45) is 5.92 Å². The highest BCUT2D eigenvalue weighted by Gasteiger charge is 2.27. The number of hydroxylamine groups is 1. The predicted molar refractivity (Wildman–Crippen MR) is 140 cm³/mol. The van der Waals surface area contributed by atoms with Crippen LogP contribution in [0.3, 0.4) is 0 Å². The predicted octanol–water partition coefficient (Wildman–Crippen LogP) is 4.28. The fourth-order valence-electron chi connectivity index (χ4n) is 4.24. The maximum absolute atomic E-state index is 13.2. The third-order valence-corrected chi connectivity index (χ3v) is 6.28. The van der Waals surface area contributed by atoms with Crippen LogP contribution in [0.1, 0.15) is 50.2 Å². The maximum Gasteiger partial charge on any atom is 0.244 e. The van der Waals surface area contributed by atoms with Gasteiger partial charge in [0.1, 0.15) is 6.04 Å². The molecular weight excluding hydrogens is 454 g/mol. The van der Waals surface area contributed by atoms with Crippen molar-refractivity contribution in [2.45, 2.75) is 58.0 Å². The van der Waals surface area contributed by atoms with Gasteiger partial charge in [0.05, 0.1) is 0 Å². The third kappa shape index (κ3) is 8.20. The van der Waals surface area contributed by atoms with Crippen molar-refractivity contribution in [3.05, 3.63) is 83.9 Å². The van der Waals surface area contributed by atoms with E-state index in [4.69, 9.17) is 5.21 Å². The normalized spacial score (nSPS) is 12.5. The van der Waals surface area contributed by atoms with E-state index in [9.17, 15) is 14.4 Å². The number of benzene rings is 3. The minimum absolute atomic E-state index is 0.139. The van der Waals surface area contributed by atoms with Gasteiger partial charge in [0.2, 0.25) is 17.7 Å². The van der Waals surface area contributed by atoms with E-state index in [1.54, 1.807) is 5.48 Å². The number of carbonyl (C=O) groups excluding carboxylic acids is 3. The Balaban J connectivity index is 1.77. The van der Waals surface area contributed by atoms with Gasteiger partial charge in [-0.25, -0.2) is 5.48 Å². The molecule has 0 aromatic heterocycles. The van der Waals surface area contributed by atoms with Gasteiger partial charge in [-0.2, -0.15) is 0 Å². The van der Waals surface area contributed by atoms with Gasteiger partial charge in [0.15, 0.2) is 0 Å². The van der Waals surface area contributed by atoms with Crippen molar-refractivity contribution in [1.82, 2.24) is 16.1 Å². The number of rotatable bonds is 13. The molecule has 1 unspecified atom stereocenters. The molecule has 3 rings (SSSR count). The molecule has 0 saturated carbocycles. The summed E-state index contributed by atoms with van der Waals surface area (Å²) in [5, 5.41) is 17.0. The maximum atomic E-state index is 13.2. The Morgan fingerprint density at radius 2 is 1.56 bits per heavy atom. The minimum Gasteiger partial charge on any atom is -0.350 e. The Morgan fingerprint density at radius 3 is 2.28 bits per heavy atom. The van der Waals surface area contributed by atoms with Crippen LogP contribution in [0.4, 0.5) is 0 Å². The van der Waals surface area contributed by atoms with Crippen molar-refractivity contribution >= 4 is 28.5 Å². The first-order valence-electron chi connectivity index (χ1n) is 12.5. The van der Waals surface area contributed by atoms with Crippen LogP contribution in [0.2, 0.25) is 0 Å². The largest absolute Gasteiger partial charge is 0.350 e. The van der Waals surface area contributed by atoms with Crippen molar-refractivity contribution < 1.29 is 19.6 Å². The summed E-state index contributed by atoms with van der Waals surface area (Å²) in [6.45, 7) is 2.41. The summed E-state index contributed by atoms with van der Waals surface area (Å²) in [5.74, 6) is -1.91. The zero-order valence-electron chi connectivity index (χ0n) is 20.7. The highest BCUT2D eigenvalue weighted by atomic mass is 16.5. The highest BCUT2D eigenvalue weighted by Crippen LogP contribution is 2.18. The average Bonchev–Trinajstić information content (AvgIpc) is 2.91. The number of fused-ring (bicyclic) bond motifs is 1. The Labute approximate surface area is 212 Å². The Kier molecular flexibility index (Phi) is 10.5. The summed E-state index contributed by atoms with van der Waals surface area (Å²) in [6.07, 6.45) is 3.37. The van der Waals surface area contributed by atoms with E-state index in [0.717, 1.165) is 41.2 Å². The van der Waals surface area contributed by atoms with Crippen LogP contribution in [-0.2, 0) is 27.3 Å². The molecule has 4 N–H and O–H groups in total. The monoisotopic (exact) mass is 489 g/mol. The van der Waals surface area contributed by atoms with Gasteiger partial charge in [-0.05, 0) is 28.3 Å². The molecule has 0 aliphatic rings. The highest BCUT2D eigenvalue weighted by molar-refractivity contribution is 5.91. The summed E-state index contributed by atoms with van der Waals surface area (Å²) in [6, 6.07) is 22.7. The molecule has 0 radical (unpaired) electrons. The molecule has 3 aromatic rings. The van der Waals surface area contributed by atoms with Crippen molar-refractivity contribution in [3.8, 4) is 0 Å². The van der Waals surface area contributed by atoms with Crippen LogP contribution in [0.25, 0.3) is 10.8 Å². The van der Waals surface area contributed by atoms with E-state index < -0.39 is 17.9 Å². The Bertz CT molecular complexity index is 1150. The number of hydrogen-bond donors (Lipinski definition) is 4. The first-order chi connectivity index (χ1) is 17.5. The topological polar surface area (TPSA) is 108 Å². The van der Waals surface area contributed by atoms with Gasteiger partial charge in [0, 0.05) is 25.3 Å². The molecule has 0 bridgehead atoms. The first-order valence-corrected chi connectivity index (χ1v) is 12.5. The molecule has 0 aliphatic carbocycles. The number of nitrogens with one attached hydrogen (secondary N) is 3. The van der Waals surface area contributed by atoms with Crippen LogP contribution in [0.15, 0.2) is 72.8 Å². The van der Waals surface area contributed by atoms with Gasteiger partial charge < -0.3 is 10.6 Å². The van der Waals surface area contributed by atoms with E-state index in [-0.39, 0.29) is 18.2 Å². The van der Waals surface area contributed by atoms with Crippen LogP contribution >= 0.6 is 0 Å². The molecule has 0 aliphatic heterocycles. The second-order valence-electron chi connectivity index (χ2n) is 9.08. The summed E-state index contributed by atoms with van der Waals surface area (Å²) in [5.41, 5.74) is 3.49. The van der Waals surface area contributed by atoms with Crippen molar-refractivity contribution in [3.63, 3.8) is 0 Å². The second-order valence-corrected chi connectivity index (χ2v) is 9.08. The smallest absolute Gasteiger partial charge is 0.244 e. The summed E-state index contributed by atoms with van der Waals surface area (Å²) < 4.78 is 0. The van der Waals surface area contributed by atoms with Gasteiger partial charge in [0.25, 0.3) is 0 Å². The molecule has 0 heterocycles. The molecule has 3 amide bonds.